The first-order chi connectivity index (χ1) is 36.1. The fourth-order valence-electron chi connectivity index (χ4n) is 10.1. The van der Waals surface area contributed by atoms with E-state index in [4.69, 9.17) is 9.97 Å². The van der Waals surface area contributed by atoms with Gasteiger partial charge in [0.1, 0.15) is 0 Å². The van der Waals surface area contributed by atoms with Crippen molar-refractivity contribution in [1.29, 1.82) is 0 Å². The lowest BCUT2D eigenvalue weighted by molar-refractivity contribution is 1.17. The Bertz CT molecular complexity index is 3830. The van der Waals surface area contributed by atoms with Gasteiger partial charge in [0.25, 0.3) is 0 Å². The monoisotopic (exact) mass is 931 g/mol. The van der Waals surface area contributed by atoms with Crippen molar-refractivity contribution in [2.24, 2.45) is 0 Å². The van der Waals surface area contributed by atoms with E-state index in [1.165, 1.54) is 27.5 Å². The molecule has 0 atom stereocenters. The Morgan fingerprint density at radius 1 is 0.342 bits per heavy atom. The van der Waals surface area contributed by atoms with Crippen LogP contribution in [0.25, 0.3) is 123 Å². The summed E-state index contributed by atoms with van der Waals surface area (Å²) in [4.78, 5) is 10.6. The van der Waals surface area contributed by atoms with Crippen molar-refractivity contribution < 1.29 is 0 Å². The van der Waals surface area contributed by atoms with E-state index >= 15 is 0 Å². The third-order valence-electron chi connectivity index (χ3n) is 13.8. The van der Waals surface area contributed by atoms with Crippen molar-refractivity contribution in [2.45, 2.75) is 0 Å². The smallest absolute Gasteiger partial charge is 0.160 e. The third-order valence-corrected chi connectivity index (χ3v) is 13.8. The molecule has 0 saturated carbocycles. The van der Waals surface area contributed by atoms with Crippen LogP contribution >= 0.6 is 0 Å². The van der Waals surface area contributed by atoms with Crippen LogP contribution in [0.3, 0.4) is 0 Å². The van der Waals surface area contributed by atoms with E-state index in [1.54, 1.807) is 0 Å². The molecule has 3 nitrogen and oxygen atoms in total. The molecule has 0 aliphatic rings. The Morgan fingerprint density at radius 2 is 0.726 bits per heavy atom. The van der Waals surface area contributed by atoms with E-state index in [0.29, 0.717) is 5.82 Å². The summed E-state index contributed by atoms with van der Waals surface area (Å²) in [5.74, 6) is 0.664. The molecule has 0 radical (unpaired) electrons. The maximum absolute atomic E-state index is 5.42. The van der Waals surface area contributed by atoms with E-state index in [1.807, 2.05) is 42.5 Å². The van der Waals surface area contributed by atoms with Gasteiger partial charge >= 0.3 is 0 Å². The van der Waals surface area contributed by atoms with Gasteiger partial charge in [-0.15, -0.1) is 0 Å². The van der Waals surface area contributed by atoms with Crippen LogP contribution in [-0.4, -0.2) is 14.5 Å². The van der Waals surface area contributed by atoms with Crippen LogP contribution in [0, 0.1) is 0 Å². The molecule has 12 aromatic rings. The Balaban J connectivity index is 1.19. The second kappa shape index (κ2) is 19.6. The van der Waals surface area contributed by atoms with Gasteiger partial charge in [0.15, 0.2) is 5.82 Å². The van der Waals surface area contributed by atoms with Gasteiger partial charge in [0.05, 0.1) is 28.1 Å². The first-order valence-electron chi connectivity index (χ1n) is 24.7. The zero-order chi connectivity index (χ0) is 49.1. The topological polar surface area (TPSA) is 30.7 Å². The van der Waals surface area contributed by atoms with Gasteiger partial charge in [-0.2, -0.15) is 0 Å². The molecule has 0 amide bonds. The lowest BCUT2D eigenvalue weighted by Gasteiger charge is -2.22. The van der Waals surface area contributed by atoms with Crippen LogP contribution in [0.1, 0.15) is 5.56 Å². The summed E-state index contributed by atoms with van der Waals surface area (Å²) < 4.78 is 2.50. The van der Waals surface area contributed by atoms with Gasteiger partial charge in [-0.05, 0) is 98.1 Å². The number of hydrogen-bond acceptors (Lipinski definition) is 2. The SMILES string of the molecule is C=C/C=C(\C=C)c1ccc(-c2cc(-c3cc(-c4ccccc4)nc(-c4ccccc4)n3)cc(-c3ccc(-c4ccccc4)cc3)c2-n2c3ccc(-c4ccccc4)cc3c3cc(-c4ccccc4)ccc32)cc1. The average molecular weight is 932 g/mol. The Kier molecular flexibility index (Phi) is 11.9. The molecule has 0 N–H and O–H groups in total. The largest absolute Gasteiger partial charge is 0.308 e. The number of hydrogen-bond donors (Lipinski definition) is 0. The Morgan fingerprint density at radius 3 is 1.19 bits per heavy atom. The summed E-state index contributed by atoms with van der Waals surface area (Å²) in [6, 6.07) is 91.2. The van der Waals surface area contributed by atoms with E-state index in [2.05, 4.69) is 248 Å². The van der Waals surface area contributed by atoms with Gasteiger partial charge in [0.2, 0.25) is 0 Å². The highest BCUT2D eigenvalue weighted by atomic mass is 15.0. The lowest BCUT2D eigenvalue weighted by atomic mass is 9.90. The van der Waals surface area contributed by atoms with E-state index < -0.39 is 0 Å². The summed E-state index contributed by atoms with van der Waals surface area (Å²) >= 11 is 0. The van der Waals surface area contributed by atoms with Crippen molar-refractivity contribution in [1.82, 2.24) is 14.5 Å². The van der Waals surface area contributed by atoms with Crippen molar-refractivity contribution in [3.05, 3.63) is 292 Å². The van der Waals surface area contributed by atoms with Gasteiger partial charge in [0, 0.05) is 38.6 Å². The van der Waals surface area contributed by atoms with Crippen molar-refractivity contribution >= 4 is 27.4 Å². The summed E-state index contributed by atoms with van der Waals surface area (Å²) in [5.41, 5.74) is 21.2. The average Bonchev–Trinajstić information content (AvgIpc) is 3.80. The van der Waals surface area contributed by atoms with Crippen LogP contribution in [0.4, 0.5) is 0 Å². The number of allylic oxidation sites excluding steroid dienone is 4. The molecule has 0 spiro atoms. The summed E-state index contributed by atoms with van der Waals surface area (Å²) in [5, 5.41) is 2.34. The molecular formula is C70H49N3. The summed E-state index contributed by atoms with van der Waals surface area (Å²) in [6.45, 7) is 8.12. The van der Waals surface area contributed by atoms with Crippen LogP contribution in [0.15, 0.2) is 286 Å². The molecule has 2 aromatic heterocycles. The highest BCUT2D eigenvalue weighted by Gasteiger charge is 2.24. The molecule has 0 aliphatic carbocycles. The van der Waals surface area contributed by atoms with Crippen molar-refractivity contribution in [3.63, 3.8) is 0 Å². The fraction of sp³-hybridized carbons (Fsp3) is 0. The molecule has 0 unspecified atom stereocenters. The Labute approximate surface area is 426 Å². The number of benzene rings is 10. The molecular weight excluding hydrogens is 883 g/mol. The zero-order valence-electron chi connectivity index (χ0n) is 40.2. The number of aromatic nitrogens is 3. The molecule has 344 valence electrons. The minimum absolute atomic E-state index is 0.664. The second-order valence-corrected chi connectivity index (χ2v) is 18.2. The van der Waals surface area contributed by atoms with Gasteiger partial charge in [-0.25, -0.2) is 9.97 Å². The molecule has 73 heavy (non-hydrogen) atoms. The highest BCUT2D eigenvalue weighted by molar-refractivity contribution is 6.13. The molecule has 0 bridgehead atoms. The maximum atomic E-state index is 5.42. The molecule has 0 fully saturated rings. The minimum atomic E-state index is 0.664. The number of fused-ring (bicyclic) bond motifs is 3. The van der Waals surface area contributed by atoms with Crippen LogP contribution in [0.5, 0.6) is 0 Å². The van der Waals surface area contributed by atoms with Crippen LogP contribution < -0.4 is 0 Å². The van der Waals surface area contributed by atoms with E-state index in [-0.39, 0.29) is 0 Å². The third kappa shape index (κ3) is 8.71. The van der Waals surface area contributed by atoms with Crippen LogP contribution in [-0.2, 0) is 0 Å². The molecule has 0 saturated heterocycles. The predicted molar refractivity (Wildman–Crippen MR) is 308 cm³/mol. The molecule has 10 aromatic carbocycles. The van der Waals surface area contributed by atoms with E-state index in [9.17, 15) is 0 Å². The first-order valence-corrected chi connectivity index (χ1v) is 24.7. The first kappa shape index (κ1) is 44.5. The number of rotatable bonds is 12. The second-order valence-electron chi connectivity index (χ2n) is 18.2. The highest BCUT2D eigenvalue weighted by Crippen LogP contribution is 2.46. The fourth-order valence-corrected chi connectivity index (χ4v) is 10.1. The van der Waals surface area contributed by atoms with Gasteiger partial charge in [-0.1, -0.05) is 244 Å². The quantitative estimate of drug-likeness (QED) is 0.114. The number of nitrogens with zero attached hydrogens (tertiary/aromatic N) is 3. The Hall–Kier alpha value is -9.70. The molecule has 2 heterocycles. The van der Waals surface area contributed by atoms with Crippen LogP contribution in [0.2, 0.25) is 0 Å². The van der Waals surface area contributed by atoms with Gasteiger partial charge < -0.3 is 4.57 Å². The molecule has 12 rings (SSSR count). The van der Waals surface area contributed by atoms with Crippen molar-refractivity contribution in [3.8, 4) is 95.2 Å². The molecule has 0 aliphatic heterocycles. The lowest BCUT2D eigenvalue weighted by Crippen LogP contribution is -2.03. The summed E-state index contributed by atoms with van der Waals surface area (Å²) in [7, 11) is 0. The maximum Gasteiger partial charge on any atom is 0.160 e. The van der Waals surface area contributed by atoms with E-state index in [0.717, 1.165) is 94.9 Å². The molecule has 3 heteroatoms. The zero-order valence-corrected chi connectivity index (χ0v) is 40.2. The minimum Gasteiger partial charge on any atom is -0.308 e. The summed E-state index contributed by atoms with van der Waals surface area (Å²) in [6.07, 6.45) is 5.70. The predicted octanol–water partition coefficient (Wildman–Crippen LogP) is 18.7. The normalized spacial score (nSPS) is 11.5. The standard InChI is InChI=1S/C70H49N3/c1-3-20-48(4-2)52-31-35-54(36-32-52)61-45-60(66-47-65(56-27-16-8-17-28-56)71-70(72-66)57-29-18-9-19-30-57)46-62(55-37-33-53(34-38-55)49-21-10-5-11-22-49)69(61)73-67-41-39-58(50-23-12-6-13-24-50)43-63(67)64-44-59(40-42-68(64)73)51-25-14-7-15-26-51/h3-47H,1-2H2/b48-20+. The van der Waals surface area contributed by atoms with Crippen molar-refractivity contribution in [2.75, 3.05) is 0 Å². The van der Waals surface area contributed by atoms with Gasteiger partial charge in [-0.3, -0.25) is 0 Å².